The molecule has 2 aliphatic rings. The Morgan fingerprint density at radius 2 is 0.846 bits per heavy atom. The van der Waals surface area contributed by atoms with Crippen molar-refractivity contribution in [3.63, 3.8) is 0 Å². The quantitative estimate of drug-likeness (QED) is 0.0763. The van der Waals surface area contributed by atoms with Gasteiger partial charge in [0, 0.05) is 10.5 Å². The summed E-state index contributed by atoms with van der Waals surface area (Å²) in [7, 11) is 0. The molecule has 0 heterocycles. The fraction of sp³-hybridized carbons (Fsp3) is 1.00. The van der Waals surface area contributed by atoms with Crippen molar-refractivity contribution in [2.24, 2.45) is 0 Å². The molecule has 2 rings (SSSR count). The zero-order valence-corrected chi connectivity index (χ0v) is 30.7. The normalized spacial score (nSPS) is 27.7. The summed E-state index contributed by atoms with van der Waals surface area (Å²) in [5.74, 6) is 5.57. The highest BCUT2D eigenvalue weighted by Crippen LogP contribution is 2.64. The number of thioether (sulfide) groups is 5. The van der Waals surface area contributed by atoms with Gasteiger partial charge in [-0.3, -0.25) is 0 Å². The van der Waals surface area contributed by atoms with Gasteiger partial charge in [0.2, 0.25) is 0 Å². The highest BCUT2D eigenvalue weighted by molar-refractivity contribution is 8.27. The molecule has 0 nitrogen and oxygen atoms in total. The second-order valence-electron chi connectivity index (χ2n) is 12.2. The second-order valence-corrected chi connectivity index (χ2v) is 19.8. The first-order valence-electron chi connectivity index (χ1n) is 17.4. The van der Waals surface area contributed by atoms with E-state index in [0.717, 1.165) is 10.5 Å². The van der Waals surface area contributed by atoms with Gasteiger partial charge in [-0.15, -0.1) is 35.3 Å². The highest BCUT2D eigenvalue weighted by Gasteiger charge is 2.52. The minimum atomic E-state index is 0.442. The molecule has 0 amide bonds. The van der Waals surface area contributed by atoms with E-state index < -0.39 is 0 Å². The van der Waals surface area contributed by atoms with E-state index in [4.69, 9.17) is 0 Å². The molecule has 0 aromatic rings. The van der Waals surface area contributed by atoms with Crippen LogP contribution in [-0.2, 0) is 0 Å². The Bertz CT molecular complexity index is 524. The topological polar surface area (TPSA) is 0 Å². The molecular weight excluding hydrogens is 569 g/mol. The monoisotopic (exact) mass is 634 g/mol. The summed E-state index contributed by atoms with van der Waals surface area (Å²) in [4.78, 5) is 0. The third-order valence-corrected chi connectivity index (χ3v) is 18.2. The van der Waals surface area contributed by atoms with Crippen LogP contribution in [0, 0.1) is 0 Å². The van der Waals surface area contributed by atoms with Gasteiger partial charge in [-0.1, -0.05) is 118 Å². The molecule has 0 N–H and O–H groups in total. The van der Waals surface area contributed by atoms with E-state index in [1.54, 1.807) is 0 Å². The van der Waals surface area contributed by atoms with Crippen LogP contribution in [0.2, 0.25) is 0 Å². The first-order valence-corrected chi connectivity index (χ1v) is 22.3. The van der Waals surface area contributed by atoms with Gasteiger partial charge in [0.1, 0.15) is 0 Å². The van der Waals surface area contributed by atoms with E-state index in [1.807, 2.05) is 0 Å². The van der Waals surface area contributed by atoms with Crippen LogP contribution in [0.25, 0.3) is 0 Å². The zero-order valence-electron chi connectivity index (χ0n) is 26.6. The Balaban J connectivity index is 2.27. The molecular formula is C34H66S5. The molecule has 2 fully saturated rings. The molecule has 232 valence electrons. The second kappa shape index (κ2) is 23.2. The van der Waals surface area contributed by atoms with Crippen molar-refractivity contribution in [1.82, 2.24) is 0 Å². The molecule has 0 aliphatic heterocycles. The van der Waals surface area contributed by atoms with E-state index in [0.29, 0.717) is 8.16 Å². The summed E-state index contributed by atoms with van der Waals surface area (Å²) in [5, 5.41) is 1.71. The van der Waals surface area contributed by atoms with Crippen molar-refractivity contribution in [3.05, 3.63) is 0 Å². The van der Waals surface area contributed by atoms with E-state index in [-0.39, 0.29) is 0 Å². The van der Waals surface area contributed by atoms with Crippen molar-refractivity contribution in [2.75, 3.05) is 23.0 Å². The Morgan fingerprint density at radius 3 is 1.26 bits per heavy atom. The fourth-order valence-corrected chi connectivity index (χ4v) is 16.6. The molecule has 4 atom stereocenters. The van der Waals surface area contributed by atoms with Gasteiger partial charge >= 0.3 is 0 Å². The largest absolute Gasteiger partial charge is 0.156 e. The third kappa shape index (κ3) is 13.9. The summed E-state index contributed by atoms with van der Waals surface area (Å²) in [6, 6.07) is 0. The number of unbranched alkanes of at least 4 members (excludes halogenated alkanes) is 10. The van der Waals surface area contributed by atoms with Crippen molar-refractivity contribution in [3.8, 4) is 0 Å². The molecule has 2 saturated carbocycles. The molecule has 0 aromatic carbocycles. The van der Waals surface area contributed by atoms with Crippen LogP contribution in [0.15, 0.2) is 0 Å². The standard InChI is InChI=1S/C34H66S5/c1-5-9-13-21-29-37-33(25-17-15-23-31(33)35-27-19-11-7-3)39-34(38-30-22-14-10-6-2)26-18-16-24-32(34)36-28-20-12-8-4/h31-32H,5-30H2,1-4H3. The smallest absolute Gasteiger partial charge is 0.0743 e. The van der Waals surface area contributed by atoms with Gasteiger partial charge in [-0.05, 0) is 74.4 Å². The average Bonchev–Trinajstić information content (AvgIpc) is 2.95. The van der Waals surface area contributed by atoms with Crippen LogP contribution in [0.4, 0.5) is 0 Å². The summed E-state index contributed by atoms with van der Waals surface area (Å²) >= 11 is 12.3. The highest BCUT2D eigenvalue weighted by atomic mass is 32.2. The van der Waals surface area contributed by atoms with E-state index in [9.17, 15) is 0 Å². The predicted molar refractivity (Wildman–Crippen MR) is 195 cm³/mol. The first kappa shape index (κ1) is 36.9. The van der Waals surface area contributed by atoms with Crippen LogP contribution < -0.4 is 0 Å². The van der Waals surface area contributed by atoms with E-state index in [2.05, 4.69) is 86.5 Å². The molecule has 0 radical (unpaired) electrons. The van der Waals surface area contributed by atoms with E-state index in [1.165, 1.54) is 164 Å². The van der Waals surface area contributed by atoms with Crippen LogP contribution in [0.5, 0.6) is 0 Å². The fourth-order valence-electron chi connectivity index (χ4n) is 6.20. The van der Waals surface area contributed by atoms with Gasteiger partial charge in [-0.25, -0.2) is 0 Å². The Morgan fingerprint density at radius 1 is 0.462 bits per heavy atom. The summed E-state index contributed by atoms with van der Waals surface area (Å²) in [6.45, 7) is 9.44. The summed E-state index contributed by atoms with van der Waals surface area (Å²) in [5.41, 5.74) is 0. The van der Waals surface area contributed by atoms with Crippen molar-refractivity contribution < 1.29 is 0 Å². The lowest BCUT2D eigenvalue weighted by Crippen LogP contribution is -2.47. The minimum absolute atomic E-state index is 0.442. The maximum atomic E-state index is 2.59. The van der Waals surface area contributed by atoms with Gasteiger partial charge in [0.15, 0.2) is 0 Å². The average molecular weight is 635 g/mol. The zero-order chi connectivity index (χ0) is 28.1. The number of rotatable bonds is 24. The summed E-state index contributed by atoms with van der Waals surface area (Å²) in [6.07, 6.45) is 31.4. The minimum Gasteiger partial charge on any atom is -0.156 e. The van der Waals surface area contributed by atoms with Gasteiger partial charge in [0.05, 0.1) is 8.16 Å². The maximum absolute atomic E-state index is 2.59. The molecule has 2 aliphatic carbocycles. The number of hydrogen-bond donors (Lipinski definition) is 0. The van der Waals surface area contributed by atoms with Crippen LogP contribution >= 0.6 is 58.8 Å². The van der Waals surface area contributed by atoms with Crippen LogP contribution in [0.1, 0.15) is 169 Å². The molecule has 39 heavy (non-hydrogen) atoms. The Labute approximate surface area is 267 Å². The maximum Gasteiger partial charge on any atom is 0.0743 e. The lowest BCUT2D eigenvalue weighted by Gasteiger charge is -2.52. The van der Waals surface area contributed by atoms with Gasteiger partial charge in [-0.2, -0.15) is 23.5 Å². The molecule has 5 heteroatoms. The number of hydrogen-bond acceptors (Lipinski definition) is 5. The van der Waals surface area contributed by atoms with Crippen molar-refractivity contribution >= 4 is 58.8 Å². The van der Waals surface area contributed by atoms with Crippen LogP contribution in [-0.4, -0.2) is 41.7 Å². The molecule has 0 aromatic heterocycles. The Kier molecular flexibility index (Phi) is 21.9. The predicted octanol–water partition coefficient (Wildman–Crippen LogP) is 13.5. The molecule has 0 spiro atoms. The van der Waals surface area contributed by atoms with Crippen LogP contribution in [0.3, 0.4) is 0 Å². The van der Waals surface area contributed by atoms with Crippen molar-refractivity contribution in [1.29, 1.82) is 0 Å². The third-order valence-electron chi connectivity index (χ3n) is 8.63. The molecule has 0 bridgehead atoms. The molecule has 4 unspecified atom stereocenters. The lowest BCUT2D eigenvalue weighted by molar-refractivity contribution is 0.478. The summed E-state index contributed by atoms with van der Waals surface area (Å²) < 4.78 is 0.884. The van der Waals surface area contributed by atoms with E-state index >= 15 is 0 Å². The van der Waals surface area contributed by atoms with Gasteiger partial charge < -0.3 is 0 Å². The SMILES string of the molecule is CCCCCCSC1(SC2(SCCCCCC)CCCCC2SCCCCC)CCCCC1SCCCCC. The molecule has 0 saturated heterocycles. The first-order chi connectivity index (χ1) is 19.2. The Hall–Kier alpha value is 1.75. The van der Waals surface area contributed by atoms with Gasteiger partial charge in [0.25, 0.3) is 0 Å². The lowest BCUT2D eigenvalue weighted by atomic mass is 9.98. The van der Waals surface area contributed by atoms with Crippen molar-refractivity contribution in [2.45, 2.75) is 188 Å².